The van der Waals surface area contributed by atoms with Crippen LogP contribution in [0.5, 0.6) is 5.75 Å². The van der Waals surface area contributed by atoms with Crippen molar-refractivity contribution in [1.29, 1.82) is 5.26 Å². The fourth-order valence-electron chi connectivity index (χ4n) is 2.47. The number of amides is 2. The van der Waals surface area contributed by atoms with Crippen molar-refractivity contribution in [2.45, 2.75) is 6.54 Å². The molecule has 1 aliphatic heterocycles. The smallest absolute Gasteiger partial charge is 0.293 e. The lowest BCUT2D eigenvalue weighted by Gasteiger charge is -2.12. The molecule has 0 bridgehead atoms. The van der Waals surface area contributed by atoms with Gasteiger partial charge in [-0.15, -0.1) is 0 Å². The molecule has 27 heavy (non-hydrogen) atoms. The predicted molar refractivity (Wildman–Crippen MR) is 108 cm³/mol. The number of carbonyl (C=O) groups excluding carboxylic acids is 2. The summed E-state index contributed by atoms with van der Waals surface area (Å²) in [6, 6.07) is 14.2. The van der Waals surface area contributed by atoms with Crippen LogP contribution in [-0.2, 0) is 11.3 Å². The van der Waals surface area contributed by atoms with E-state index in [1.165, 1.54) is 4.90 Å². The molecule has 2 aromatic rings. The molecule has 0 saturated carbocycles. The molecule has 0 radical (unpaired) electrons. The quantitative estimate of drug-likeness (QED) is 0.567. The lowest BCUT2D eigenvalue weighted by molar-refractivity contribution is -0.123. The molecule has 0 unspecified atom stereocenters. The van der Waals surface area contributed by atoms with Gasteiger partial charge >= 0.3 is 0 Å². The zero-order chi connectivity index (χ0) is 19.4. The Morgan fingerprint density at radius 1 is 1.26 bits per heavy atom. The molecule has 8 heteroatoms. The Morgan fingerprint density at radius 3 is 2.81 bits per heavy atom. The van der Waals surface area contributed by atoms with E-state index in [-0.39, 0.29) is 24.3 Å². The predicted octanol–water partition coefficient (Wildman–Crippen LogP) is 5.24. The summed E-state index contributed by atoms with van der Waals surface area (Å²) in [6.07, 6.45) is 1.60. The van der Waals surface area contributed by atoms with Crippen LogP contribution in [0.1, 0.15) is 11.1 Å². The third-order valence-electron chi connectivity index (χ3n) is 3.65. The van der Waals surface area contributed by atoms with Gasteiger partial charge in [0.25, 0.3) is 11.1 Å². The number of imide groups is 1. The van der Waals surface area contributed by atoms with Gasteiger partial charge in [0.2, 0.25) is 0 Å². The lowest BCUT2D eigenvalue weighted by atomic mass is 10.1. The Kier molecular flexibility index (Phi) is 6.22. The molecule has 5 nitrogen and oxygen atoms in total. The third-order valence-corrected chi connectivity index (χ3v) is 5.29. The molecule has 0 atom stereocenters. The maximum Gasteiger partial charge on any atom is 0.293 e. The number of benzene rings is 2. The van der Waals surface area contributed by atoms with Crippen molar-refractivity contribution < 1.29 is 14.3 Å². The van der Waals surface area contributed by atoms with Gasteiger partial charge in [0.05, 0.1) is 11.4 Å². The van der Waals surface area contributed by atoms with E-state index in [4.69, 9.17) is 21.6 Å². The number of hydrogen-bond donors (Lipinski definition) is 0. The van der Waals surface area contributed by atoms with Gasteiger partial charge in [-0.3, -0.25) is 14.5 Å². The Labute approximate surface area is 173 Å². The number of hydrogen-bond acceptors (Lipinski definition) is 5. The monoisotopic (exact) mass is 462 g/mol. The van der Waals surface area contributed by atoms with Crippen LogP contribution in [0.15, 0.2) is 51.8 Å². The molecule has 0 spiro atoms. The highest BCUT2D eigenvalue weighted by Crippen LogP contribution is 2.35. The molecule has 1 fully saturated rings. The molecule has 3 rings (SSSR count). The van der Waals surface area contributed by atoms with E-state index < -0.39 is 0 Å². The van der Waals surface area contributed by atoms with Crippen LogP contribution in [0.25, 0.3) is 6.08 Å². The number of ether oxygens (including phenoxy) is 1. The van der Waals surface area contributed by atoms with E-state index in [0.29, 0.717) is 21.2 Å². The number of nitriles is 1. The summed E-state index contributed by atoms with van der Waals surface area (Å²) in [5.41, 5.74) is 1.37. The maximum absolute atomic E-state index is 12.7. The van der Waals surface area contributed by atoms with Crippen LogP contribution >= 0.6 is 39.3 Å². The number of rotatable bonds is 5. The summed E-state index contributed by atoms with van der Waals surface area (Å²) >= 11 is 10.2. The van der Waals surface area contributed by atoms with E-state index in [9.17, 15) is 9.59 Å². The molecule has 0 N–H and O–H groups in total. The number of carbonyl (C=O) groups is 2. The first-order valence-electron chi connectivity index (χ1n) is 7.77. The zero-order valence-corrected chi connectivity index (χ0v) is 17.0. The van der Waals surface area contributed by atoms with Crippen molar-refractivity contribution in [3.8, 4) is 11.8 Å². The molecule has 0 aliphatic carbocycles. The van der Waals surface area contributed by atoms with Gasteiger partial charge in [-0.1, -0.05) is 39.7 Å². The molecule has 1 heterocycles. The number of nitrogens with zero attached hydrogens (tertiary/aromatic N) is 2. The largest absolute Gasteiger partial charge is 0.478 e. The van der Waals surface area contributed by atoms with Crippen molar-refractivity contribution in [3.05, 3.63) is 68.0 Å². The van der Waals surface area contributed by atoms with E-state index in [1.54, 1.807) is 48.5 Å². The highest BCUT2D eigenvalue weighted by atomic mass is 79.9. The fourth-order valence-corrected chi connectivity index (χ4v) is 3.89. The summed E-state index contributed by atoms with van der Waals surface area (Å²) in [5, 5.41) is 8.91. The maximum atomic E-state index is 12.7. The number of halogens is 2. The summed E-state index contributed by atoms with van der Waals surface area (Å²) in [5.74, 6) is 0.0811. The summed E-state index contributed by atoms with van der Waals surface area (Å²) in [6.45, 7) is 0.0392. The number of thioether (sulfide) groups is 1. The average Bonchev–Trinajstić information content (AvgIpc) is 2.89. The van der Waals surface area contributed by atoms with Crippen LogP contribution in [0.4, 0.5) is 4.79 Å². The van der Waals surface area contributed by atoms with E-state index in [2.05, 4.69) is 15.9 Å². The molecule has 2 aromatic carbocycles. The second kappa shape index (κ2) is 8.61. The summed E-state index contributed by atoms with van der Waals surface area (Å²) in [4.78, 5) is 26.5. The van der Waals surface area contributed by atoms with Crippen LogP contribution in [-0.4, -0.2) is 22.7 Å². The van der Waals surface area contributed by atoms with Crippen molar-refractivity contribution in [2.24, 2.45) is 0 Å². The van der Waals surface area contributed by atoms with Crippen LogP contribution < -0.4 is 4.74 Å². The first kappa shape index (κ1) is 19.5. The van der Waals surface area contributed by atoms with Gasteiger partial charge in [-0.25, -0.2) is 0 Å². The van der Waals surface area contributed by atoms with Gasteiger partial charge < -0.3 is 4.74 Å². The Hall–Kier alpha value is -2.27. The van der Waals surface area contributed by atoms with Crippen molar-refractivity contribution in [2.75, 3.05) is 6.61 Å². The minimum Gasteiger partial charge on any atom is -0.478 e. The lowest BCUT2D eigenvalue weighted by Crippen LogP contribution is -2.27. The minimum absolute atomic E-state index is 0.112. The summed E-state index contributed by atoms with van der Waals surface area (Å²) < 4.78 is 6.18. The van der Waals surface area contributed by atoms with Crippen LogP contribution in [0.2, 0.25) is 5.02 Å². The second-order valence-electron chi connectivity index (χ2n) is 5.53. The Bertz CT molecular complexity index is 987. The highest BCUT2D eigenvalue weighted by Gasteiger charge is 2.35. The Balaban J connectivity index is 1.86. The third kappa shape index (κ3) is 4.72. The van der Waals surface area contributed by atoms with Crippen LogP contribution in [0.3, 0.4) is 0 Å². The van der Waals surface area contributed by atoms with Gasteiger partial charge in [0.15, 0.2) is 6.61 Å². The minimum atomic E-state index is -0.379. The van der Waals surface area contributed by atoms with Gasteiger partial charge in [-0.2, -0.15) is 5.26 Å². The van der Waals surface area contributed by atoms with E-state index in [1.807, 2.05) is 6.07 Å². The van der Waals surface area contributed by atoms with E-state index >= 15 is 0 Å². The molecular formula is C19H12BrClN2O3S. The molecule has 2 amide bonds. The van der Waals surface area contributed by atoms with E-state index in [0.717, 1.165) is 21.8 Å². The zero-order valence-electron chi connectivity index (χ0n) is 13.8. The Morgan fingerprint density at radius 2 is 2.07 bits per heavy atom. The topological polar surface area (TPSA) is 70.4 Å². The highest BCUT2D eigenvalue weighted by molar-refractivity contribution is 9.10. The van der Waals surface area contributed by atoms with Gasteiger partial charge in [-0.05, 0) is 53.7 Å². The first-order chi connectivity index (χ1) is 13.0. The molecule has 0 aromatic heterocycles. The van der Waals surface area contributed by atoms with Crippen molar-refractivity contribution >= 4 is 56.5 Å². The standard InChI is InChI=1S/C19H12BrClN2O3S/c20-14-4-5-16(26-7-6-22)13(9-14)10-17-18(24)23(19(25)27-17)11-12-2-1-3-15(21)8-12/h1-5,8-10H,7,11H2/b17-10-. The first-order valence-corrected chi connectivity index (χ1v) is 9.76. The normalized spacial score (nSPS) is 15.3. The summed E-state index contributed by atoms with van der Waals surface area (Å²) in [7, 11) is 0. The fraction of sp³-hybridized carbons (Fsp3) is 0.105. The molecule has 1 aliphatic rings. The molecular weight excluding hydrogens is 452 g/mol. The molecule has 136 valence electrons. The van der Waals surface area contributed by atoms with Crippen LogP contribution in [0, 0.1) is 11.3 Å². The van der Waals surface area contributed by atoms with Gasteiger partial charge in [0, 0.05) is 15.1 Å². The van der Waals surface area contributed by atoms with Crippen molar-refractivity contribution in [1.82, 2.24) is 4.90 Å². The van der Waals surface area contributed by atoms with Gasteiger partial charge in [0.1, 0.15) is 11.8 Å². The van der Waals surface area contributed by atoms with Crippen molar-refractivity contribution in [3.63, 3.8) is 0 Å². The average molecular weight is 464 g/mol. The SMILES string of the molecule is N#CCOc1ccc(Br)cc1/C=C1\SC(=O)N(Cc2cccc(Cl)c2)C1=O. The second-order valence-corrected chi connectivity index (χ2v) is 7.87. The molecule has 1 saturated heterocycles.